The molecule has 6 heteroatoms. The Balaban J connectivity index is 0.00000256. The van der Waals surface area contributed by atoms with Crippen molar-refractivity contribution in [1.29, 1.82) is 0 Å². The molecule has 1 aromatic rings. The summed E-state index contributed by atoms with van der Waals surface area (Å²) < 4.78 is 0. The van der Waals surface area contributed by atoms with E-state index in [1.807, 2.05) is 0 Å². The van der Waals surface area contributed by atoms with Gasteiger partial charge in [0.1, 0.15) is 0 Å². The third-order valence-electron chi connectivity index (χ3n) is 1.94. The van der Waals surface area contributed by atoms with Crippen LogP contribution in [0.1, 0.15) is 16.8 Å². The maximum absolute atomic E-state index is 11.4. The van der Waals surface area contributed by atoms with Gasteiger partial charge in [0.2, 0.25) is 0 Å². The molecule has 86 valence electrons. The van der Waals surface area contributed by atoms with Crippen molar-refractivity contribution < 1.29 is 49.4 Å². The summed E-state index contributed by atoms with van der Waals surface area (Å²) in [6.07, 6.45) is -1.62. The molecule has 2 N–H and O–H groups in total. The molecule has 1 rings (SSSR count). The van der Waals surface area contributed by atoms with Crippen molar-refractivity contribution in [1.82, 2.24) is 5.32 Å². The molecule has 1 aromatic carbocycles. The Hall–Kier alpha value is -0.880. The quantitative estimate of drug-likeness (QED) is 0.516. The van der Waals surface area contributed by atoms with Crippen LogP contribution in [0.4, 0.5) is 0 Å². The topological polar surface area (TPSA) is 89.5 Å². The predicted molar refractivity (Wildman–Crippen MR) is 54.4 cm³/mol. The molecule has 0 saturated carbocycles. The zero-order valence-corrected chi connectivity index (χ0v) is 11.6. The first kappa shape index (κ1) is 16.1. The minimum Gasteiger partial charge on any atom is -0.550 e. The summed E-state index contributed by atoms with van der Waals surface area (Å²) in [6, 6.07) is 8.46. The summed E-state index contributed by atoms with van der Waals surface area (Å²) >= 11 is 0. The Labute approximate surface area is 121 Å². The van der Waals surface area contributed by atoms with Gasteiger partial charge in [0, 0.05) is 24.5 Å². The fraction of sp³-hybridized carbons (Fsp3) is 0.273. The molecule has 0 aliphatic rings. The van der Waals surface area contributed by atoms with Gasteiger partial charge in [0.25, 0.3) is 5.91 Å². The molecule has 0 fully saturated rings. The third kappa shape index (κ3) is 6.43. The molecule has 0 aliphatic carbocycles. The molecule has 0 saturated heterocycles. The van der Waals surface area contributed by atoms with Gasteiger partial charge in [-0.3, -0.25) is 4.79 Å². The second kappa shape index (κ2) is 8.25. The fourth-order valence-electron chi connectivity index (χ4n) is 1.17. The van der Waals surface area contributed by atoms with Crippen LogP contribution in [0, 0.1) is 0 Å². The van der Waals surface area contributed by atoms with Gasteiger partial charge in [0.15, 0.2) is 0 Å². The Kier molecular flexibility index (Phi) is 7.82. The van der Waals surface area contributed by atoms with E-state index >= 15 is 0 Å². The van der Waals surface area contributed by atoms with Gasteiger partial charge in [-0.05, 0) is 12.1 Å². The number of benzene rings is 1. The number of nitrogens with one attached hydrogen (secondary N) is 1. The van der Waals surface area contributed by atoms with Crippen LogP contribution in [-0.2, 0) is 4.79 Å². The monoisotopic (exact) mass is 245 g/mol. The van der Waals surface area contributed by atoms with Gasteiger partial charge < -0.3 is 20.3 Å². The standard InChI is InChI=1S/C11H13NO4.Na/c13-9(6-10(14)15)7-12-11(16)8-4-2-1-3-5-8;/h1-5,9,13H,6-7H2,(H,12,16)(H,14,15);/q;+1/p-1/t9-;/m0./s1. The molecular formula is C11H12NNaO4. The first-order chi connectivity index (χ1) is 7.59. The number of rotatable bonds is 5. The van der Waals surface area contributed by atoms with Crippen molar-refractivity contribution in [2.45, 2.75) is 12.5 Å². The van der Waals surface area contributed by atoms with E-state index in [1.54, 1.807) is 30.3 Å². The molecule has 0 bridgehead atoms. The number of carbonyl (C=O) groups is 2. The van der Waals surface area contributed by atoms with Crippen molar-refractivity contribution >= 4 is 11.9 Å². The van der Waals surface area contributed by atoms with E-state index in [4.69, 9.17) is 0 Å². The smallest absolute Gasteiger partial charge is 0.550 e. The number of amides is 1. The number of aliphatic carboxylic acids is 1. The summed E-state index contributed by atoms with van der Waals surface area (Å²) in [5, 5.41) is 21.7. The SMILES string of the molecule is O=C([O-])C[C@H](O)CNC(=O)c1ccccc1.[Na+]. The molecule has 0 spiro atoms. The van der Waals surface area contributed by atoms with Crippen LogP contribution in [0.2, 0.25) is 0 Å². The molecule has 0 aliphatic heterocycles. The number of hydrogen-bond acceptors (Lipinski definition) is 4. The summed E-state index contributed by atoms with van der Waals surface area (Å²) in [5.41, 5.74) is 0.461. The molecule has 1 amide bonds. The van der Waals surface area contributed by atoms with Gasteiger partial charge in [-0.1, -0.05) is 18.2 Å². The van der Waals surface area contributed by atoms with Crippen molar-refractivity contribution in [2.24, 2.45) is 0 Å². The second-order valence-electron chi connectivity index (χ2n) is 3.31. The Morgan fingerprint density at radius 1 is 1.29 bits per heavy atom. The number of hydrogen-bond donors (Lipinski definition) is 2. The van der Waals surface area contributed by atoms with Gasteiger partial charge in [-0.2, -0.15) is 0 Å². The van der Waals surface area contributed by atoms with Gasteiger partial charge in [-0.25, -0.2) is 0 Å². The van der Waals surface area contributed by atoms with Crippen molar-refractivity contribution in [3.8, 4) is 0 Å². The molecule has 17 heavy (non-hydrogen) atoms. The zero-order valence-electron chi connectivity index (χ0n) is 9.55. The predicted octanol–water partition coefficient (Wildman–Crippen LogP) is -4.08. The molecule has 0 aromatic heterocycles. The molecule has 0 radical (unpaired) electrons. The van der Waals surface area contributed by atoms with Crippen molar-refractivity contribution in [3.63, 3.8) is 0 Å². The minimum absolute atomic E-state index is 0. The molecule has 0 unspecified atom stereocenters. The fourth-order valence-corrected chi connectivity index (χ4v) is 1.17. The van der Waals surface area contributed by atoms with Crippen LogP contribution in [-0.4, -0.2) is 29.6 Å². The van der Waals surface area contributed by atoms with Gasteiger partial charge in [-0.15, -0.1) is 0 Å². The van der Waals surface area contributed by atoms with E-state index in [1.165, 1.54) is 0 Å². The normalized spacial score (nSPS) is 11.1. The van der Waals surface area contributed by atoms with Crippen LogP contribution >= 0.6 is 0 Å². The Bertz CT molecular complexity index is 369. The molecule has 0 heterocycles. The zero-order chi connectivity index (χ0) is 12.0. The number of carboxylic acid groups (broad SMARTS) is 1. The van der Waals surface area contributed by atoms with E-state index in [0.29, 0.717) is 5.56 Å². The maximum Gasteiger partial charge on any atom is 1.00 e. The van der Waals surface area contributed by atoms with Crippen LogP contribution in [0.15, 0.2) is 30.3 Å². The van der Waals surface area contributed by atoms with Crippen molar-refractivity contribution in [3.05, 3.63) is 35.9 Å². The van der Waals surface area contributed by atoms with E-state index in [2.05, 4.69) is 5.32 Å². The summed E-state index contributed by atoms with van der Waals surface area (Å²) in [5.74, 6) is -1.69. The minimum atomic E-state index is -1.35. The van der Waals surface area contributed by atoms with Gasteiger partial charge in [0.05, 0.1) is 6.10 Å². The number of aliphatic hydroxyl groups excluding tert-OH is 1. The summed E-state index contributed by atoms with van der Waals surface area (Å²) in [6.45, 7) is -0.109. The van der Waals surface area contributed by atoms with Gasteiger partial charge >= 0.3 is 29.6 Å². The summed E-state index contributed by atoms with van der Waals surface area (Å²) in [7, 11) is 0. The van der Waals surface area contributed by atoms with Crippen LogP contribution in [0.5, 0.6) is 0 Å². The average Bonchev–Trinajstić information content (AvgIpc) is 2.26. The van der Waals surface area contributed by atoms with E-state index in [9.17, 15) is 19.8 Å². The van der Waals surface area contributed by atoms with Crippen molar-refractivity contribution in [2.75, 3.05) is 6.54 Å². The molecule has 1 atom stereocenters. The first-order valence-corrected chi connectivity index (χ1v) is 4.80. The third-order valence-corrected chi connectivity index (χ3v) is 1.94. The molecular weight excluding hydrogens is 233 g/mol. The average molecular weight is 245 g/mol. The van der Waals surface area contributed by atoms with E-state index in [0.717, 1.165) is 0 Å². The van der Waals surface area contributed by atoms with E-state index < -0.39 is 18.5 Å². The largest absolute Gasteiger partial charge is 1.00 e. The van der Waals surface area contributed by atoms with E-state index in [-0.39, 0.29) is 42.0 Å². The second-order valence-corrected chi connectivity index (χ2v) is 3.31. The summed E-state index contributed by atoms with van der Waals surface area (Å²) in [4.78, 5) is 21.6. The first-order valence-electron chi connectivity index (χ1n) is 4.80. The van der Waals surface area contributed by atoms with Crippen LogP contribution in [0.25, 0.3) is 0 Å². The number of aliphatic hydroxyl groups is 1. The van der Waals surface area contributed by atoms with Crippen LogP contribution in [0.3, 0.4) is 0 Å². The Morgan fingerprint density at radius 3 is 2.41 bits per heavy atom. The number of carboxylic acids is 1. The number of carbonyl (C=O) groups excluding carboxylic acids is 2. The Morgan fingerprint density at radius 2 is 1.88 bits per heavy atom. The maximum atomic E-state index is 11.4. The molecule has 5 nitrogen and oxygen atoms in total. The van der Waals surface area contributed by atoms with Crippen LogP contribution < -0.4 is 40.0 Å².